The predicted octanol–water partition coefficient (Wildman–Crippen LogP) is 3.63. The molecule has 1 N–H and O–H groups in total. The molecule has 0 saturated carbocycles. The van der Waals surface area contributed by atoms with E-state index in [1.807, 2.05) is 17.0 Å². The van der Waals surface area contributed by atoms with Gasteiger partial charge < -0.3 is 10.2 Å². The molecular weight excluding hydrogens is 388 g/mol. The molecule has 1 fully saturated rings. The van der Waals surface area contributed by atoms with Crippen LogP contribution in [0.15, 0.2) is 42.7 Å². The summed E-state index contributed by atoms with van der Waals surface area (Å²) in [5.74, 6) is -1.49. The maximum atomic E-state index is 13.2. The van der Waals surface area contributed by atoms with Crippen molar-refractivity contribution in [2.75, 3.05) is 13.1 Å². The summed E-state index contributed by atoms with van der Waals surface area (Å²) in [5.41, 5.74) is 1.62. The fourth-order valence-corrected chi connectivity index (χ4v) is 3.76. The van der Waals surface area contributed by atoms with Gasteiger partial charge in [-0.05, 0) is 67.0 Å². The van der Waals surface area contributed by atoms with E-state index >= 15 is 0 Å². The summed E-state index contributed by atoms with van der Waals surface area (Å²) in [6, 6.07) is 7.44. The Kier molecular flexibility index (Phi) is 7.88. The lowest BCUT2D eigenvalue weighted by molar-refractivity contribution is -0.133. The molecule has 0 radical (unpaired) electrons. The molecular formula is C23H27F2N3O2. The van der Waals surface area contributed by atoms with Crippen molar-refractivity contribution in [1.82, 2.24) is 15.2 Å². The number of rotatable bonds is 8. The molecule has 1 saturated heterocycles. The molecule has 7 heteroatoms. The Balaban J connectivity index is 1.38. The van der Waals surface area contributed by atoms with Gasteiger partial charge in [0.2, 0.25) is 11.8 Å². The van der Waals surface area contributed by atoms with Crippen molar-refractivity contribution in [1.29, 1.82) is 0 Å². The Morgan fingerprint density at radius 3 is 2.63 bits per heavy atom. The van der Waals surface area contributed by atoms with Crippen LogP contribution in [0.25, 0.3) is 0 Å². The first-order chi connectivity index (χ1) is 14.5. The second kappa shape index (κ2) is 10.8. The Morgan fingerprint density at radius 2 is 1.87 bits per heavy atom. The van der Waals surface area contributed by atoms with Gasteiger partial charge >= 0.3 is 0 Å². The monoisotopic (exact) mass is 415 g/mol. The third-order valence-corrected chi connectivity index (χ3v) is 5.50. The fraction of sp³-hybridized carbons (Fsp3) is 0.435. The fourth-order valence-electron chi connectivity index (χ4n) is 3.76. The van der Waals surface area contributed by atoms with Gasteiger partial charge in [0, 0.05) is 44.9 Å². The van der Waals surface area contributed by atoms with Gasteiger partial charge in [0.25, 0.3) is 0 Å². The van der Waals surface area contributed by atoms with Crippen LogP contribution < -0.4 is 5.32 Å². The van der Waals surface area contributed by atoms with Gasteiger partial charge in [0.15, 0.2) is 11.6 Å². The number of piperidine rings is 1. The van der Waals surface area contributed by atoms with E-state index in [1.165, 1.54) is 6.07 Å². The van der Waals surface area contributed by atoms with Gasteiger partial charge in [0.1, 0.15) is 0 Å². The van der Waals surface area contributed by atoms with Crippen molar-refractivity contribution in [3.05, 3.63) is 65.5 Å². The number of amides is 2. The van der Waals surface area contributed by atoms with Crippen molar-refractivity contribution in [3.8, 4) is 0 Å². The van der Waals surface area contributed by atoms with Crippen LogP contribution in [0.3, 0.4) is 0 Å². The Labute approximate surface area is 175 Å². The number of hydrogen-bond donors (Lipinski definition) is 1. The number of halogens is 2. The molecule has 160 valence electrons. The van der Waals surface area contributed by atoms with Gasteiger partial charge in [-0.3, -0.25) is 14.6 Å². The second-order valence-corrected chi connectivity index (χ2v) is 7.77. The van der Waals surface area contributed by atoms with Crippen molar-refractivity contribution in [3.63, 3.8) is 0 Å². The molecule has 0 spiro atoms. The van der Waals surface area contributed by atoms with E-state index in [0.717, 1.165) is 37.1 Å². The quantitative estimate of drug-likeness (QED) is 0.716. The van der Waals surface area contributed by atoms with Crippen LogP contribution in [0, 0.1) is 17.6 Å². The summed E-state index contributed by atoms with van der Waals surface area (Å²) in [6.07, 6.45) is 7.65. The number of nitrogens with one attached hydrogen (secondary N) is 1. The number of carbonyl (C=O) groups excluding carboxylic acids is 2. The number of likely N-dealkylation sites (tertiary alicyclic amines) is 1. The first-order valence-corrected chi connectivity index (χ1v) is 10.4. The van der Waals surface area contributed by atoms with Crippen LogP contribution in [0.4, 0.5) is 8.78 Å². The number of benzene rings is 1. The highest BCUT2D eigenvalue weighted by molar-refractivity contribution is 5.77. The van der Waals surface area contributed by atoms with Crippen LogP contribution in [-0.2, 0) is 22.6 Å². The largest absolute Gasteiger partial charge is 0.352 e. The number of hydrogen-bond acceptors (Lipinski definition) is 3. The molecule has 30 heavy (non-hydrogen) atoms. The molecule has 0 unspecified atom stereocenters. The average molecular weight is 415 g/mol. The summed E-state index contributed by atoms with van der Waals surface area (Å²) in [6.45, 7) is 1.62. The van der Waals surface area contributed by atoms with Gasteiger partial charge in [-0.1, -0.05) is 6.07 Å². The Hall–Kier alpha value is -2.83. The lowest BCUT2D eigenvalue weighted by Crippen LogP contribution is -2.40. The van der Waals surface area contributed by atoms with Crippen molar-refractivity contribution in [2.24, 2.45) is 5.92 Å². The third-order valence-electron chi connectivity index (χ3n) is 5.50. The van der Waals surface area contributed by atoms with Gasteiger partial charge in [-0.2, -0.15) is 0 Å². The first-order valence-electron chi connectivity index (χ1n) is 10.4. The van der Waals surface area contributed by atoms with Crippen molar-refractivity contribution in [2.45, 2.75) is 45.1 Å². The van der Waals surface area contributed by atoms with Crippen LogP contribution >= 0.6 is 0 Å². The number of carbonyl (C=O) groups is 2. The second-order valence-electron chi connectivity index (χ2n) is 7.77. The average Bonchev–Trinajstić information content (AvgIpc) is 2.77. The van der Waals surface area contributed by atoms with E-state index in [1.54, 1.807) is 12.4 Å². The summed E-state index contributed by atoms with van der Waals surface area (Å²) < 4.78 is 26.2. The highest BCUT2D eigenvalue weighted by Gasteiger charge is 2.23. The molecule has 1 aromatic carbocycles. The highest BCUT2D eigenvalue weighted by atomic mass is 19.2. The molecule has 2 heterocycles. The number of aryl methyl sites for hydroxylation is 1. The standard InChI is InChI=1S/C23H27F2N3O2/c24-20-6-3-19(14-21(20)25)15-27-22(29)7-4-18-2-1-13-28(16-18)23(30)8-5-17-9-11-26-12-10-17/h3,6,9-12,14,18H,1-2,4-5,7-8,13,15-16H2,(H,27,29)/t18-/m1/s1. The Morgan fingerprint density at radius 1 is 1.07 bits per heavy atom. The number of aromatic nitrogens is 1. The van der Waals surface area contributed by atoms with Crippen LogP contribution in [0.1, 0.15) is 43.2 Å². The van der Waals surface area contributed by atoms with E-state index < -0.39 is 11.6 Å². The minimum Gasteiger partial charge on any atom is -0.352 e. The topological polar surface area (TPSA) is 62.3 Å². The van der Waals surface area contributed by atoms with Gasteiger partial charge in [0.05, 0.1) is 0 Å². The zero-order chi connectivity index (χ0) is 21.3. The third kappa shape index (κ3) is 6.61. The summed E-state index contributed by atoms with van der Waals surface area (Å²) in [4.78, 5) is 30.6. The van der Waals surface area contributed by atoms with Gasteiger partial charge in [-0.25, -0.2) is 8.78 Å². The van der Waals surface area contributed by atoms with E-state index in [4.69, 9.17) is 0 Å². The van der Waals surface area contributed by atoms with Crippen LogP contribution in [0.5, 0.6) is 0 Å². The zero-order valence-corrected chi connectivity index (χ0v) is 16.9. The molecule has 5 nitrogen and oxygen atoms in total. The smallest absolute Gasteiger partial charge is 0.222 e. The number of nitrogens with zero attached hydrogens (tertiary/aromatic N) is 2. The maximum absolute atomic E-state index is 13.2. The Bertz CT molecular complexity index is 861. The normalized spacial score (nSPS) is 16.3. The van der Waals surface area contributed by atoms with E-state index in [-0.39, 0.29) is 18.4 Å². The molecule has 1 atom stereocenters. The van der Waals surface area contributed by atoms with Crippen molar-refractivity contribution >= 4 is 11.8 Å². The van der Waals surface area contributed by atoms with Crippen LogP contribution in [-0.4, -0.2) is 34.8 Å². The van der Waals surface area contributed by atoms with Gasteiger partial charge in [-0.15, -0.1) is 0 Å². The molecule has 0 bridgehead atoms. The lowest BCUT2D eigenvalue weighted by Gasteiger charge is -2.33. The number of pyridine rings is 1. The first kappa shape index (κ1) is 21.9. The summed E-state index contributed by atoms with van der Waals surface area (Å²) >= 11 is 0. The molecule has 2 amide bonds. The molecule has 1 aromatic heterocycles. The zero-order valence-electron chi connectivity index (χ0n) is 16.9. The van der Waals surface area contributed by atoms with E-state index in [2.05, 4.69) is 10.3 Å². The SMILES string of the molecule is O=C(CC[C@H]1CCCN(C(=O)CCc2ccncc2)C1)NCc1ccc(F)c(F)c1. The maximum Gasteiger partial charge on any atom is 0.222 e. The molecule has 2 aromatic rings. The summed E-state index contributed by atoms with van der Waals surface area (Å²) in [5, 5.41) is 2.74. The predicted molar refractivity (Wildman–Crippen MR) is 109 cm³/mol. The molecule has 1 aliphatic heterocycles. The molecule has 1 aliphatic rings. The minimum atomic E-state index is -0.919. The van der Waals surface area contributed by atoms with Crippen LogP contribution in [0.2, 0.25) is 0 Å². The molecule has 0 aliphatic carbocycles. The minimum absolute atomic E-state index is 0.124. The van der Waals surface area contributed by atoms with Crippen molar-refractivity contribution < 1.29 is 18.4 Å². The summed E-state index contributed by atoms with van der Waals surface area (Å²) in [7, 11) is 0. The van der Waals surface area contributed by atoms with E-state index in [9.17, 15) is 18.4 Å². The lowest BCUT2D eigenvalue weighted by atomic mass is 9.93. The highest BCUT2D eigenvalue weighted by Crippen LogP contribution is 2.22. The molecule has 3 rings (SSSR count). The van der Waals surface area contributed by atoms with E-state index in [0.29, 0.717) is 43.7 Å².